The van der Waals surface area contributed by atoms with Crippen LogP contribution in [0.1, 0.15) is 24.0 Å². The van der Waals surface area contributed by atoms with Crippen LogP contribution in [0.15, 0.2) is 72.0 Å². The molecule has 0 atom stereocenters. The van der Waals surface area contributed by atoms with E-state index in [2.05, 4.69) is 39.1 Å². The summed E-state index contributed by atoms with van der Waals surface area (Å²) < 4.78 is 1.89. The molecule has 1 aliphatic rings. The number of carbonyl (C=O) groups excluding carboxylic acids is 1. The van der Waals surface area contributed by atoms with Gasteiger partial charge in [-0.15, -0.1) is 0 Å². The molecule has 2 heterocycles. The van der Waals surface area contributed by atoms with Gasteiger partial charge in [-0.1, -0.05) is 30.3 Å². The van der Waals surface area contributed by atoms with Gasteiger partial charge in [0.15, 0.2) is 5.96 Å². The molecule has 0 unspecified atom stereocenters. The van der Waals surface area contributed by atoms with E-state index >= 15 is 0 Å². The topological polar surface area (TPSA) is 74.6 Å². The van der Waals surface area contributed by atoms with Gasteiger partial charge in [0.25, 0.3) is 0 Å². The van der Waals surface area contributed by atoms with Crippen molar-refractivity contribution >= 4 is 17.6 Å². The Morgan fingerprint density at radius 2 is 1.84 bits per heavy atom. The predicted octanol–water partition coefficient (Wildman–Crippen LogP) is 2.91. The lowest BCUT2D eigenvalue weighted by Gasteiger charge is -2.16. The Balaban J connectivity index is 1.23. The maximum absolute atomic E-state index is 11.9. The summed E-state index contributed by atoms with van der Waals surface area (Å²) in [4.78, 5) is 18.0. The van der Waals surface area contributed by atoms with Gasteiger partial charge in [0.2, 0.25) is 5.91 Å². The number of rotatable bonds is 7. The summed E-state index contributed by atoms with van der Waals surface area (Å²) in [5.41, 5.74) is 4.34. The minimum absolute atomic E-state index is 0.213. The van der Waals surface area contributed by atoms with Gasteiger partial charge in [-0.25, -0.2) is 4.68 Å². The Kier molecular flexibility index (Phi) is 6.62. The third-order valence-corrected chi connectivity index (χ3v) is 5.37. The monoisotopic (exact) mass is 416 g/mol. The van der Waals surface area contributed by atoms with Crippen LogP contribution in [-0.2, 0) is 17.8 Å². The molecule has 2 aromatic carbocycles. The number of aliphatic imine (C=N–C) groups is 1. The van der Waals surface area contributed by atoms with Crippen LogP contribution in [0, 0.1) is 0 Å². The second-order valence-electron chi connectivity index (χ2n) is 7.55. The van der Waals surface area contributed by atoms with E-state index in [1.165, 1.54) is 5.56 Å². The van der Waals surface area contributed by atoms with Gasteiger partial charge in [-0.2, -0.15) is 5.10 Å². The Hall–Kier alpha value is -3.61. The highest BCUT2D eigenvalue weighted by molar-refractivity contribution is 5.95. The number of aromatic nitrogens is 2. The zero-order valence-corrected chi connectivity index (χ0v) is 17.8. The number of hydrogen-bond donors (Lipinski definition) is 2. The van der Waals surface area contributed by atoms with Gasteiger partial charge in [0, 0.05) is 45.0 Å². The minimum Gasteiger partial charge on any atom is -0.356 e. The average Bonchev–Trinajstić information content (AvgIpc) is 3.46. The molecule has 1 fully saturated rings. The Labute approximate surface area is 182 Å². The van der Waals surface area contributed by atoms with Crippen LogP contribution in [-0.4, -0.2) is 41.8 Å². The number of nitrogens with zero attached hydrogens (tertiary/aromatic N) is 4. The van der Waals surface area contributed by atoms with E-state index in [1.807, 2.05) is 58.2 Å². The highest BCUT2D eigenvalue weighted by atomic mass is 16.2. The average molecular weight is 417 g/mol. The van der Waals surface area contributed by atoms with Gasteiger partial charge in [0.05, 0.1) is 11.9 Å². The van der Waals surface area contributed by atoms with Crippen molar-refractivity contribution in [3.63, 3.8) is 0 Å². The van der Waals surface area contributed by atoms with Gasteiger partial charge < -0.3 is 15.5 Å². The molecule has 2 N–H and O–H groups in total. The molecular formula is C24H28N6O. The van der Waals surface area contributed by atoms with E-state index in [0.29, 0.717) is 13.0 Å². The molecule has 160 valence electrons. The number of carbonyl (C=O) groups is 1. The van der Waals surface area contributed by atoms with Crippen molar-refractivity contribution < 1.29 is 4.79 Å². The summed E-state index contributed by atoms with van der Waals surface area (Å²) >= 11 is 0. The van der Waals surface area contributed by atoms with Crippen LogP contribution in [0.25, 0.3) is 5.69 Å². The molecule has 1 saturated heterocycles. The number of hydrogen-bond acceptors (Lipinski definition) is 3. The molecule has 1 amide bonds. The Bertz CT molecular complexity index is 1030. The Morgan fingerprint density at radius 1 is 1.03 bits per heavy atom. The number of guanidine groups is 1. The molecule has 0 radical (unpaired) electrons. The van der Waals surface area contributed by atoms with E-state index < -0.39 is 0 Å². The number of nitrogens with one attached hydrogen (secondary N) is 2. The van der Waals surface area contributed by atoms with Crippen LogP contribution >= 0.6 is 0 Å². The number of anilines is 1. The van der Waals surface area contributed by atoms with Crippen molar-refractivity contribution in [2.24, 2.45) is 4.99 Å². The van der Waals surface area contributed by atoms with E-state index in [4.69, 9.17) is 0 Å². The third-order valence-electron chi connectivity index (χ3n) is 5.37. The van der Waals surface area contributed by atoms with Gasteiger partial charge >= 0.3 is 0 Å². The van der Waals surface area contributed by atoms with Crippen molar-refractivity contribution in [3.8, 4) is 5.69 Å². The number of benzene rings is 2. The van der Waals surface area contributed by atoms with E-state index in [9.17, 15) is 4.79 Å². The molecular weight excluding hydrogens is 388 g/mol. The van der Waals surface area contributed by atoms with Crippen molar-refractivity contribution in [3.05, 3.63) is 78.1 Å². The summed E-state index contributed by atoms with van der Waals surface area (Å²) in [5.74, 6) is 0.971. The number of para-hydroxylation sites is 1. The lowest BCUT2D eigenvalue weighted by Crippen LogP contribution is -2.37. The Morgan fingerprint density at radius 3 is 2.55 bits per heavy atom. The smallest absolute Gasteiger partial charge is 0.227 e. The molecule has 31 heavy (non-hydrogen) atoms. The lowest BCUT2D eigenvalue weighted by molar-refractivity contribution is -0.117. The fraction of sp³-hybridized carbons (Fsp3) is 0.292. The maximum Gasteiger partial charge on any atom is 0.227 e. The van der Waals surface area contributed by atoms with Gasteiger partial charge in [0.1, 0.15) is 0 Å². The molecule has 3 aromatic rings. The molecule has 7 heteroatoms. The molecule has 0 bridgehead atoms. The third kappa shape index (κ3) is 5.31. The SMILES string of the molecule is CN=C(NCCc1cnn(-c2ccccc2)c1)NCc1ccc(N2CCCC2=O)cc1. The van der Waals surface area contributed by atoms with Crippen molar-refractivity contribution in [1.29, 1.82) is 0 Å². The molecule has 0 aliphatic carbocycles. The molecule has 0 saturated carbocycles. The van der Waals surface area contributed by atoms with Gasteiger partial charge in [-0.05, 0) is 48.2 Å². The van der Waals surface area contributed by atoms with Crippen LogP contribution in [0.4, 0.5) is 5.69 Å². The molecule has 1 aliphatic heterocycles. The first-order valence-electron chi connectivity index (χ1n) is 10.7. The zero-order chi connectivity index (χ0) is 21.5. The zero-order valence-electron chi connectivity index (χ0n) is 17.8. The lowest BCUT2D eigenvalue weighted by atomic mass is 10.2. The normalized spacial score (nSPS) is 14.2. The second-order valence-corrected chi connectivity index (χ2v) is 7.55. The van der Waals surface area contributed by atoms with Gasteiger partial charge in [-0.3, -0.25) is 9.79 Å². The summed E-state index contributed by atoms with van der Waals surface area (Å²) in [6, 6.07) is 18.2. The standard InChI is InChI=1S/C24H28N6O/c1-25-24(26-14-13-20-17-28-30(18-20)22-6-3-2-4-7-22)27-16-19-9-11-21(12-10-19)29-15-5-8-23(29)31/h2-4,6-7,9-12,17-18H,5,8,13-16H2,1H3,(H2,25,26,27). The highest BCUT2D eigenvalue weighted by Crippen LogP contribution is 2.21. The first-order chi connectivity index (χ1) is 15.2. The summed E-state index contributed by atoms with van der Waals surface area (Å²) in [7, 11) is 1.77. The largest absolute Gasteiger partial charge is 0.356 e. The summed E-state index contributed by atoms with van der Waals surface area (Å²) in [5, 5.41) is 11.1. The van der Waals surface area contributed by atoms with Crippen LogP contribution in [0.3, 0.4) is 0 Å². The fourth-order valence-electron chi connectivity index (χ4n) is 3.66. The van der Waals surface area contributed by atoms with Crippen LogP contribution in [0.2, 0.25) is 0 Å². The minimum atomic E-state index is 0.213. The summed E-state index contributed by atoms with van der Waals surface area (Å²) in [6.45, 7) is 2.24. The maximum atomic E-state index is 11.9. The first-order valence-corrected chi connectivity index (χ1v) is 10.7. The molecule has 1 aromatic heterocycles. The van der Waals surface area contributed by atoms with Crippen molar-refractivity contribution in [2.45, 2.75) is 25.8 Å². The fourth-order valence-corrected chi connectivity index (χ4v) is 3.66. The van der Waals surface area contributed by atoms with E-state index in [1.54, 1.807) is 7.05 Å². The van der Waals surface area contributed by atoms with Crippen LogP contribution < -0.4 is 15.5 Å². The highest BCUT2D eigenvalue weighted by Gasteiger charge is 2.21. The molecule has 4 rings (SSSR count). The predicted molar refractivity (Wildman–Crippen MR) is 123 cm³/mol. The number of amides is 1. The quantitative estimate of drug-likeness (QED) is 0.459. The van der Waals surface area contributed by atoms with Crippen molar-refractivity contribution in [2.75, 3.05) is 25.0 Å². The molecule has 0 spiro atoms. The van der Waals surface area contributed by atoms with E-state index in [-0.39, 0.29) is 5.91 Å². The van der Waals surface area contributed by atoms with Crippen molar-refractivity contribution in [1.82, 2.24) is 20.4 Å². The first kappa shape index (κ1) is 20.7. The van der Waals surface area contributed by atoms with E-state index in [0.717, 1.165) is 48.8 Å². The molecule has 7 nitrogen and oxygen atoms in total. The second kappa shape index (κ2) is 9.93. The van der Waals surface area contributed by atoms with Crippen LogP contribution in [0.5, 0.6) is 0 Å². The summed E-state index contributed by atoms with van der Waals surface area (Å²) in [6.07, 6.45) is 6.40.